The van der Waals surface area contributed by atoms with Gasteiger partial charge in [0.05, 0.1) is 10.5 Å². The highest BCUT2D eigenvalue weighted by molar-refractivity contribution is 7.89. The van der Waals surface area contributed by atoms with Crippen molar-refractivity contribution in [3.05, 3.63) is 29.1 Å². The van der Waals surface area contributed by atoms with Crippen molar-refractivity contribution in [1.29, 1.82) is 0 Å². The van der Waals surface area contributed by atoms with Gasteiger partial charge in [0.1, 0.15) is 5.82 Å². The van der Waals surface area contributed by atoms with Gasteiger partial charge in [-0.3, -0.25) is 0 Å². The van der Waals surface area contributed by atoms with E-state index in [2.05, 4.69) is 4.72 Å². The largest absolute Gasteiger partial charge is 0.478 e. The van der Waals surface area contributed by atoms with E-state index in [4.69, 9.17) is 10.2 Å². The molecule has 118 valence electrons. The van der Waals surface area contributed by atoms with Crippen LogP contribution in [0.5, 0.6) is 0 Å². The molecule has 1 rings (SSSR count). The summed E-state index contributed by atoms with van der Waals surface area (Å²) >= 11 is 0. The van der Waals surface area contributed by atoms with Crippen molar-refractivity contribution in [2.75, 3.05) is 6.61 Å². The maximum absolute atomic E-state index is 13.7. The zero-order valence-corrected chi connectivity index (χ0v) is 12.8. The summed E-state index contributed by atoms with van der Waals surface area (Å²) in [5, 5.41) is 17.8. The minimum absolute atomic E-state index is 0.159. The predicted octanol–water partition coefficient (Wildman–Crippen LogP) is 1.27. The van der Waals surface area contributed by atoms with Gasteiger partial charge in [0.2, 0.25) is 10.0 Å². The number of aliphatic hydroxyl groups is 1. The number of nitrogens with one attached hydrogen (secondary N) is 1. The van der Waals surface area contributed by atoms with Gasteiger partial charge in [-0.05, 0) is 39.3 Å². The Morgan fingerprint density at radius 1 is 1.38 bits per heavy atom. The Bertz CT molecular complexity index is 655. The van der Waals surface area contributed by atoms with Crippen molar-refractivity contribution in [2.45, 2.75) is 37.6 Å². The molecule has 1 aromatic rings. The summed E-state index contributed by atoms with van der Waals surface area (Å²) < 4.78 is 40.7. The van der Waals surface area contributed by atoms with Crippen molar-refractivity contribution in [3.8, 4) is 0 Å². The van der Waals surface area contributed by atoms with E-state index in [-0.39, 0.29) is 18.6 Å². The van der Waals surface area contributed by atoms with Gasteiger partial charge in [-0.1, -0.05) is 0 Å². The van der Waals surface area contributed by atoms with Crippen molar-refractivity contribution >= 4 is 16.0 Å². The van der Waals surface area contributed by atoms with Crippen LogP contribution in [0.1, 0.15) is 36.2 Å². The Hall–Kier alpha value is -1.51. The molecule has 6 nitrogen and oxygen atoms in total. The summed E-state index contributed by atoms with van der Waals surface area (Å²) in [5.41, 5.74) is -1.55. The Morgan fingerprint density at radius 2 is 1.95 bits per heavy atom. The number of hydrogen-bond acceptors (Lipinski definition) is 4. The first-order chi connectivity index (χ1) is 9.50. The molecular weight excluding hydrogens is 301 g/mol. The average Bonchev–Trinajstić information content (AvgIpc) is 2.30. The van der Waals surface area contributed by atoms with Crippen molar-refractivity contribution in [3.63, 3.8) is 0 Å². The second-order valence-corrected chi connectivity index (χ2v) is 7.00. The summed E-state index contributed by atoms with van der Waals surface area (Å²) in [6.07, 6.45) is 0.159. The molecule has 0 heterocycles. The lowest BCUT2D eigenvalue weighted by Gasteiger charge is -2.25. The van der Waals surface area contributed by atoms with Gasteiger partial charge in [-0.15, -0.1) is 0 Å². The van der Waals surface area contributed by atoms with E-state index in [0.717, 1.165) is 12.1 Å². The lowest BCUT2D eigenvalue weighted by Crippen LogP contribution is -2.44. The molecule has 0 saturated carbocycles. The predicted molar refractivity (Wildman–Crippen MR) is 74.2 cm³/mol. The van der Waals surface area contributed by atoms with Crippen LogP contribution in [0.4, 0.5) is 4.39 Å². The number of carbonyl (C=O) groups is 1. The fourth-order valence-corrected chi connectivity index (χ4v) is 3.53. The third-order valence-corrected chi connectivity index (χ3v) is 4.80. The quantitative estimate of drug-likeness (QED) is 0.732. The maximum atomic E-state index is 13.7. The van der Waals surface area contributed by atoms with Gasteiger partial charge in [-0.2, -0.15) is 0 Å². The first kappa shape index (κ1) is 17.5. The van der Waals surface area contributed by atoms with Crippen LogP contribution < -0.4 is 4.72 Å². The summed E-state index contributed by atoms with van der Waals surface area (Å²) in [6, 6.07) is 1.69. The fourth-order valence-electron chi connectivity index (χ4n) is 1.81. The standard InChI is InChI=1S/C13H18FNO5S/c1-8-10(14)6-9(12(17)18)7-11(8)21(19,20)15-13(2,3)4-5-16/h6-7,15-16H,4-5H2,1-3H3,(H,17,18). The van der Waals surface area contributed by atoms with Crippen LogP contribution in [-0.4, -0.2) is 36.7 Å². The number of aromatic carboxylic acids is 1. The van der Waals surface area contributed by atoms with Crippen LogP contribution >= 0.6 is 0 Å². The van der Waals surface area contributed by atoms with Crippen molar-refractivity contribution < 1.29 is 27.8 Å². The molecule has 0 unspecified atom stereocenters. The number of hydrogen-bond donors (Lipinski definition) is 3. The highest BCUT2D eigenvalue weighted by Crippen LogP contribution is 2.23. The second kappa shape index (κ2) is 6.08. The Morgan fingerprint density at radius 3 is 2.43 bits per heavy atom. The smallest absolute Gasteiger partial charge is 0.335 e. The van der Waals surface area contributed by atoms with E-state index in [1.807, 2.05) is 0 Å². The number of sulfonamides is 1. The lowest BCUT2D eigenvalue weighted by atomic mass is 10.0. The van der Waals surface area contributed by atoms with Crippen LogP contribution in [0.3, 0.4) is 0 Å². The Kier molecular flexibility index (Phi) is 5.08. The average molecular weight is 319 g/mol. The number of carboxylic acids is 1. The minimum Gasteiger partial charge on any atom is -0.478 e. The molecule has 0 aliphatic carbocycles. The summed E-state index contributed by atoms with van der Waals surface area (Å²) in [5.74, 6) is -2.32. The van der Waals surface area contributed by atoms with Gasteiger partial charge in [-0.25, -0.2) is 22.3 Å². The van der Waals surface area contributed by atoms with Crippen LogP contribution in [0.25, 0.3) is 0 Å². The molecule has 0 amide bonds. The van der Waals surface area contributed by atoms with E-state index < -0.39 is 37.8 Å². The molecular formula is C13H18FNO5S. The van der Waals surface area contributed by atoms with Gasteiger partial charge >= 0.3 is 5.97 Å². The molecule has 0 aliphatic heterocycles. The van der Waals surface area contributed by atoms with E-state index in [0.29, 0.717) is 0 Å². The van der Waals surface area contributed by atoms with Crippen molar-refractivity contribution in [2.24, 2.45) is 0 Å². The minimum atomic E-state index is -4.11. The molecule has 0 bridgehead atoms. The second-order valence-electron chi connectivity index (χ2n) is 5.35. The molecule has 8 heteroatoms. The SMILES string of the molecule is Cc1c(F)cc(C(=O)O)cc1S(=O)(=O)NC(C)(C)CCO. The van der Waals surface area contributed by atoms with Gasteiger partial charge in [0.15, 0.2) is 0 Å². The molecule has 0 aliphatic rings. The molecule has 1 aromatic carbocycles. The molecule has 0 saturated heterocycles. The van der Waals surface area contributed by atoms with E-state index >= 15 is 0 Å². The summed E-state index contributed by atoms with van der Waals surface area (Å²) in [4.78, 5) is 10.5. The molecule has 0 fully saturated rings. The van der Waals surface area contributed by atoms with Crippen LogP contribution in [0.2, 0.25) is 0 Å². The molecule has 21 heavy (non-hydrogen) atoms. The number of rotatable bonds is 6. The lowest BCUT2D eigenvalue weighted by molar-refractivity contribution is 0.0696. The molecule has 0 spiro atoms. The molecule has 0 aromatic heterocycles. The third kappa shape index (κ3) is 4.23. The topological polar surface area (TPSA) is 104 Å². The first-order valence-corrected chi connectivity index (χ1v) is 7.67. The van der Waals surface area contributed by atoms with Gasteiger partial charge in [0, 0.05) is 17.7 Å². The fraction of sp³-hybridized carbons (Fsp3) is 0.462. The Balaban J connectivity index is 3.35. The number of carboxylic acid groups (broad SMARTS) is 1. The first-order valence-electron chi connectivity index (χ1n) is 6.18. The van der Waals surface area contributed by atoms with Gasteiger partial charge < -0.3 is 10.2 Å². The highest BCUT2D eigenvalue weighted by atomic mass is 32.2. The number of benzene rings is 1. The van der Waals surface area contributed by atoms with E-state index in [1.54, 1.807) is 13.8 Å². The van der Waals surface area contributed by atoms with Crippen LogP contribution in [0, 0.1) is 12.7 Å². The third-order valence-electron chi connectivity index (χ3n) is 2.98. The Labute approximate surface area is 122 Å². The van der Waals surface area contributed by atoms with Gasteiger partial charge in [0.25, 0.3) is 0 Å². The zero-order valence-electron chi connectivity index (χ0n) is 12.0. The molecule has 0 radical (unpaired) electrons. The molecule has 3 N–H and O–H groups in total. The van der Waals surface area contributed by atoms with Crippen LogP contribution in [-0.2, 0) is 10.0 Å². The highest BCUT2D eigenvalue weighted by Gasteiger charge is 2.28. The maximum Gasteiger partial charge on any atom is 0.335 e. The number of aliphatic hydroxyl groups excluding tert-OH is 1. The van der Waals surface area contributed by atoms with E-state index in [9.17, 15) is 17.6 Å². The van der Waals surface area contributed by atoms with Crippen LogP contribution in [0.15, 0.2) is 17.0 Å². The molecule has 0 atom stereocenters. The zero-order chi connectivity index (χ0) is 16.4. The van der Waals surface area contributed by atoms with E-state index in [1.165, 1.54) is 6.92 Å². The number of halogens is 1. The summed E-state index contributed by atoms with van der Waals surface area (Å²) in [6.45, 7) is 4.16. The normalized spacial score (nSPS) is 12.4. The van der Waals surface area contributed by atoms with Crippen molar-refractivity contribution in [1.82, 2.24) is 4.72 Å². The summed E-state index contributed by atoms with van der Waals surface area (Å²) in [7, 11) is -4.11. The monoisotopic (exact) mass is 319 g/mol.